The largest absolute Gasteiger partial charge is 0.435 e. The molecule has 0 radical (unpaired) electrons. The van der Waals surface area contributed by atoms with E-state index >= 15 is 0 Å². The number of aromatic nitrogens is 1. The average Bonchev–Trinajstić information content (AvgIpc) is 3.00. The Morgan fingerprint density at radius 3 is 2.52 bits per heavy atom. The van der Waals surface area contributed by atoms with Crippen LogP contribution in [0.3, 0.4) is 0 Å². The molecule has 132 valence electrons. The van der Waals surface area contributed by atoms with Crippen LogP contribution in [0.2, 0.25) is 0 Å². The number of nitrogens with zero attached hydrogens (tertiary/aromatic N) is 1. The van der Waals surface area contributed by atoms with Crippen LogP contribution in [-0.4, -0.2) is 28.6 Å². The second-order valence-electron chi connectivity index (χ2n) is 5.67. The predicted octanol–water partition coefficient (Wildman–Crippen LogP) is 1.99. The van der Waals surface area contributed by atoms with Crippen LogP contribution < -0.4 is 11.1 Å². The Hall–Kier alpha value is -2.96. The minimum absolute atomic E-state index is 0.00229. The van der Waals surface area contributed by atoms with Gasteiger partial charge in [-0.3, -0.25) is 14.4 Å². The number of nitrogens with two attached hydrogens (primary N) is 1. The summed E-state index contributed by atoms with van der Waals surface area (Å²) in [6.45, 7) is 3.58. The molecule has 3 N–H and O–H groups in total. The Bertz CT molecular complexity index is 768. The molecule has 25 heavy (non-hydrogen) atoms. The molecule has 2 aromatic rings. The van der Waals surface area contributed by atoms with Crippen LogP contribution in [0.5, 0.6) is 0 Å². The Kier molecular flexibility index (Phi) is 6.05. The molecule has 2 amide bonds. The molecule has 0 unspecified atom stereocenters. The number of oxazole rings is 1. The number of carbonyl (C=O) groups is 3. The number of Topliss-reactive ketones (excluding diaryl/α,β-unsaturated/α-hetero) is 1. The maximum Gasteiger partial charge on any atom is 0.289 e. The summed E-state index contributed by atoms with van der Waals surface area (Å²) in [5, 5.41) is 2.55. The van der Waals surface area contributed by atoms with Crippen LogP contribution in [0.4, 0.5) is 0 Å². The lowest BCUT2D eigenvalue weighted by Crippen LogP contribution is -2.46. The van der Waals surface area contributed by atoms with Crippen molar-refractivity contribution >= 4 is 17.6 Å². The number of carbonyl (C=O) groups excluding carboxylic acids is 3. The summed E-state index contributed by atoms with van der Waals surface area (Å²) in [5.74, 6) is -2.16. The minimum atomic E-state index is -1.07. The third kappa shape index (κ3) is 4.53. The third-order valence-electron chi connectivity index (χ3n) is 3.70. The number of nitrogens with one attached hydrogen (secondary N) is 1. The molecule has 1 aromatic carbocycles. The fourth-order valence-corrected chi connectivity index (χ4v) is 2.45. The Morgan fingerprint density at radius 2 is 1.92 bits per heavy atom. The first-order chi connectivity index (χ1) is 11.9. The van der Waals surface area contributed by atoms with E-state index in [4.69, 9.17) is 10.2 Å². The van der Waals surface area contributed by atoms with E-state index in [0.29, 0.717) is 24.4 Å². The standard InChI is InChI=1S/C18H21N3O4/c1-3-4-10-13(15(22)17(19)23)21-18(24)16-14(20-11(2)25-16)12-8-6-5-7-9-12/h5-9,13H,3-4,10H2,1-2H3,(H2,19,23)(H,21,24)/t13-/m0/s1. The summed E-state index contributed by atoms with van der Waals surface area (Å²) in [5.41, 5.74) is 6.18. The highest BCUT2D eigenvalue weighted by Crippen LogP contribution is 2.23. The van der Waals surface area contributed by atoms with E-state index in [-0.39, 0.29) is 5.76 Å². The first kappa shape index (κ1) is 18.4. The van der Waals surface area contributed by atoms with E-state index in [1.54, 1.807) is 19.1 Å². The Balaban J connectivity index is 2.27. The van der Waals surface area contributed by atoms with Crippen LogP contribution >= 0.6 is 0 Å². The molecule has 0 aliphatic heterocycles. The molecule has 1 atom stereocenters. The van der Waals surface area contributed by atoms with E-state index in [1.165, 1.54) is 0 Å². The van der Waals surface area contributed by atoms with Crippen molar-refractivity contribution in [3.05, 3.63) is 42.0 Å². The predicted molar refractivity (Wildman–Crippen MR) is 91.7 cm³/mol. The summed E-state index contributed by atoms with van der Waals surface area (Å²) >= 11 is 0. The number of aryl methyl sites for hydroxylation is 1. The summed E-state index contributed by atoms with van der Waals surface area (Å²) in [6.07, 6.45) is 1.82. The van der Waals surface area contributed by atoms with Gasteiger partial charge in [-0.25, -0.2) is 4.98 Å². The number of ketones is 1. The third-order valence-corrected chi connectivity index (χ3v) is 3.70. The second-order valence-corrected chi connectivity index (χ2v) is 5.67. The molecule has 0 spiro atoms. The van der Waals surface area contributed by atoms with Crippen molar-refractivity contribution in [1.29, 1.82) is 0 Å². The van der Waals surface area contributed by atoms with Crippen molar-refractivity contribution < 1.29 is 18.8 Å². The van der Waals surface area contributed by atoms with Gasteiger partial charge in [0.15, 0.2) is 5.89 Å². The van der Waals surface area contributed by atoms with Crippen LogP contribution in [0.15, 0.2) is 34.7 Å². The van der Waals surface area contributed by atoms with Gasteiger partial charge >= 0.3 is 0 Å². The summed E-state index contributed by atoms with van der Waals surface area (Å²) in [7, 11) is 0. The van der Waals surface area contributed by atoms with Gasteiger partial charge < -0.3 is 15.5 Å². The second kappa shape index (κ2) is 8.23. The minimum Gasteiger partial charge on any atom is -0.435 e. The lowest BCUT2D eigenvalue weighted by atomic mass is 10.0. The quantitative estimate of drug-likeness (QED) is 0.711. The molecule has 7 nitrogen and oxygen atoms in total. The number of hydrogen-bond acceptors (Lipinski definition) is 5. The van der Waals surface area contributed by atoms with Crippen molar-refractivity contribution in [3.63, 3.8) is 0 Å². The van der Waals surface area contributed by atoms with Crippen molar-refractivity contribution in [1.82, 2.24) is 10.3 Å². The van der Waals surface area contributed by atoms with E-state index in [9.17, 15) is 14.4 Å². The molecule has 0 saturated heterocycles. The highest BCUT2D eigenvalue weighted by Gasteiger charge is 2.28. The summed E-state index contributed by atoms with van der Waals surface area (Å²) < 4.78 is 5.43. The van der Waals surface area contributed by atoms with Crippen molar-refractivity contribution in [2.24, 2.45) is 5.73 Å². The number of amides is 2. The molecule has 0 saturated carbocycles. The van der Waals surface area contributed by atoms with E-state index < -0.39 is 23.6 Å². The zero-order valence-electron chi connectivity index (χ0n) is 14.2. The molecular formula is C18H21N3O4. The number of unbranched alkanes of at least 4 members (excludes halogenated alkanes) is 1. The van der Waals surface area contributed by atoms with E-state index in [1.807, 2.05) is 25.1 Å². The molecule has 1 aromatic heterocycles. The van der Waals surface area contributed by atoms with Crippen molar-refractivity contribution in [2.75, 3.05) is 0 Å². The normalized spacial score (nSPS) is 11.8. The molecule has 2 rings (SSSR count). The lowest BCUT2D eigenvalue weighted by molar-refractivity contribution is -0.137. The Morgan fingerprint density at radius 1 is 1.24 bits per heavy atom. The topological polar surface area (TPSA) is 115 Å². The van der Waals surface area contributed by atoms with Crippen LogP contribution in [0.1, 0.15) is 42.6 Å². The lowest BCUT2D eigenvalue weighted by Gasteiger charge is -2.15. The van der Waals surface area contributed by atoms with Gasteiger partial charge in [-0.15, -0.1) is 0 Å². The molecule has 0 aliphatic rings. The first-order valence-electron chi connectivity index (χ1n) is 8.11. The zero-order chi connectivity index (χ0) is 18.4. The van der Waals surface area contributed by atoms with Gasteiger partial charge in [0.25, 0.3) is 11.8 Å². The molecule has 0 bridgehead atoms. The monoisotopic (exact) mass is 343 g/mol. The number of hydrogen-bond donors (Lipinski definition) is 2. The smallest absolute Gasteiger partial charge is 0.289 e. The maximum atomic E-state index is 12.6. The highest BCUT2D eigenvalue weighted by molar-refractivity contribution is 6.38. The number of benzene rings is 1. The van der Waals surface area contributed by atoms with Crippen LogP contribution in [0.25, 0.3) is 11.3 Å². The number of rotatable bonds is 8. The fourth-order valence-electron chi connectivity index (χ4n) is 2.45. The first-order valence-corrected chi connectivity index (χ1v) is 8.11. The Labute approximate surface area is 145 Å². The fraction of sp³-hybridized carbons (Fsp3) is 0.333. The molecule has 7 heteroatoms. The van der Waals surface area contributed by atoms with Gasteiger partial charge in [-0.1, -0.05) is 50.1 Å². The molecule has 0 aliphatic carbocycles. The van der Waals surface area contributed by atoms with Gasteiger partial charge in [0.05, 0.1) is 6.04 Å². The van der Waals surface area contributed by atoms with Gasteiger partial charge in [0.2, 0.25) is 11.5 Å². The zero-order valence-corrected chi connectivity index (χ0v) is 14.2. The summed E-state index contributed by atoms with van der Waals surface area (Å²) in [4.78, 5) is 40.0. The highest BCUT2D eigenvalue weighted by atomic mass is 16.4. The molecule has 0 fully saturated rings. The SMILES string of the molecule is CCCC[C@H](NC(=O)c1oc(C)nc1-c1ccccc1)C(=O)C(N)=O. The van der Waals surface area contributed by atoms with Gasteiger partial charge in [0, 0.05) is 12.5 Å². The average molecular weight is 343 g/mol. The van der Waals surface area contributed by atoms with Crippen molar-refractivity contribution in [2.45, 2.75) is 39.2 Å². The van der Waals surface area contributed by atoms with Crippen LogP contribution in [-0.2, 0) is 9.59 Å². The van der Waals surface area contributed by atoms with Gasteiger partial charge in [0.1, 0.15) is 5.69 Å². The molecule has 1 heterocycles. The van der Waals surface area contributed by atoms with E-state index in [0.717, 1.165) is 12.0 Å². The van der Waals surface area contributed by atoms with Gasteiger partial charge in [-0.2, -0.15) is 0 Å². The van der Waals surface area contributed by atoms with Gasteiger partial charge in [-0.05, 0) is 6.42 Å². The maximum absolute atomic E-state index is 12.6. The van der Waals surface area contributed by atoms with E-state index in [2.05, 4.69) is 10.3 Å². The van der Waals surface area contributed by atoms with Crippen LogP contribution in [0, 0.1) is 6.92 Å². The van der Waals surface area contributed by atoms with Crippen molar-refractivity contribution in [3.8, 4) is 11.3 Å². The summed E-state index contributed by atoms with van der Waals surface area (Å²) in [6, 6.07) is 8.12. The molecular weight excluding hydrogens is 322 g/mol. The number of primary amides is 1.